The van der Waals surface area contributed by atoms with Gasteiger partial charge in [0.1, 0.15) is 11.5 Å². The number of aryl methyl sites for hydroxylation is 1. The van der Waals surface area contributed by atoms with Crippen LogP contribution < -0.4 is 16.1 Å². The van der Waals surface area contributed by atoms with Gasteiger partial charge >= 0.3 is 5.69 Å². The fourth-order valence-electron chi connectivity index (χ4n) is 2.64. The number of anilines is 1. The van der Waals surface area contributed by atoms with Gasteiger partial charge in [-0.3, -0.25) is 9.78 Å². The number of nitrogens with one attached hydrogen (secondary N) is 3. The van der Waals surface area contributed by atoms with Crippen LogP contribution in [0.4, 0.5) is 5.82 Å². The number of hydrogen-bond acceptors (Lipinski definition) is 7. The topological polar surface area (TPSA) is 131 Å². The minimum Gasteiger partial charge on any atom is -0.389 e. The molecule has 4 N–H and O–H groups in total. The Balaban J connectivity index is 1.82. The molecule has 1 aliphatic rings. The first-order valence-corrected chi connectivity index (χ1v) is 9.02. The first kappa shape index (κ1) is 16.4. The highest BCUT2D eigenvalue weighted by atomic mass is 79.9. The molecule has 0 amide bonds. The van der Waals surface area contributed by atoms with E-state index in [2.05, 4.69) is 40.8 Å². The summed E-state index contributed by atoms with van der Waals surface area (Å²) in [6, 6.07) is 1.28. The van der Waals surface area contributed by atoms with Crippen LogP contribution in [-0.4, -0.2) is 49.2 Å². The lowest BCUT2D eigenvalue weighted by atomic mass is 10.1. The minimum absolute atomic E-state index is 0.352. The van der Waals surface area contributed by atoms with Gasteiger partial charge in [-0.25, -0.2) is 14.8 Å². The van der Waals surface area contributed by atoms with Crippen molar-refractivity contribution in [1.82, 2.24) is 24.9 Å². The Morgan fingerprint density at radius 3 is 2.72 bits per heavy atom. The summed E-state index contributed by atoms with van der Waals surface area (Å²) in [4.78, 5) is 41.7. The van der Waals surface area contributed by atoms with Crippen molar-refractivity contribution >= 4 is 44.5 Å². The molecule has 130 valence electrons. The highest BCUT2D eigenvalue weighted by Gasteiger charge is 2.29. The fraction of sp³-hybridized carbons (Fsp3) is 0.286. The van der Waals surface area contributed by atoms with E-state index in [1.807, 2.05) is 11.8 Å². The number of hydrogen-bond donors (Lipinski definition) is 4. The minimum atomic E-state index is -0.583. The third kappa shape index (κ3) is 2.98. The van der Waals surface area contributed by atoms with E-state index in [4.69, 9.17) is 0 Å². The van der Waals surface area contributed by atoms with Gasteiger partial charge in [-0.1, -0.05) is 0 Å². The van der Waals surface area contributed by atoms with Gasteiger partial charge in [-0.05, 0) is 34.6 Å². The summed E-state index contributed by atoms with van der Waals surface area (Å²) in [6.45, 7) is 2.91. The summed E-state index contributed by atoms with van der Waals surface area (Å²) in [5.41, 5.74) is 0.487. The number of H-pyrrole nitrogens is 3. The predicted octanol–water partition coefficient (Wildman–Crippen LogP) is 0.738. The number of aliphatic hydroxyl groups excluding tert-OH is 1. The zero-order chi connectivity index (χ0) is 17.7. The van der Waals surface area contributed by atoms with Gasteiger partial charge in [-0.15, -0.1) is 0 Å². The highest BCUT2D eigenvalue weighted by Crippen LogP contribution is 2.37. The maximum absolute atomic E-state index is 11.5. The Bertz CT molecular complexity index is 1060. The monoisotopic (exact) mass is 424 g/mol. The van der Waals surface area contributed by atoms with Crippen molar-refractivity contribution in [1.29, 1.82) is 0 Å². The Labute approximate surface area is 153 Å². The maximum Gasteiger partial charge on any atom is 0.326 e. The molecule has 0 bridgehead atoms. The van der Waals surface area contributed by atoms with Crippen LogP contribution in [0.2, 0.25) is 0 Å². The molecule has 0 unspecified atom stereocenters. The summed E-state index contributed by atoms with van der Waals surface area (Å²) in [5.74, 6) is 0.696. The largest absolute Gasteiger partial charge is 0.389 e. The molecule has 0 spiro atoms. The zero-order valence-corrected chi connectivity index (χ0v) is 15.4. The van der Waals surface area contributed by atoms with Crippen LogP contribution in [0.5, 0.6) is 0 Å². The normalized spacial score (nSPS) is 14.9. The van der Waals surface area contributed by atoms with Crippen LogP contribution in [0.25, 0.3) is 11.0 Å². The van der Waals surface area contributed by atoms with Crippen molar-refractivity contribution in [3.8, 4) is 0 Å². The predicted molar refractivity (Wildman–Crippen MR) is 96.4 cm³/mol. The van der Waals surface area contributed by atoms with Crippen LogP contribution >= 0.6 is 27.7 Å². The second kappa shape index (κ2) is 6.00. The second-order valence-electron chi connectivity index (χ2n) is 5.73. The Morgan fingerprint density at radius 1 is 1.28 bits per heavy atom. The second-order valence-corrected chi connectivity index (χ2v) is 7.53. The number of rotatable bonds is 3. The molecular formula is C14H13BrN6O3S. The lowest BCUT2D eigenvalue weighted by molar-refractivity contribution is 0.141. The van der Waals surface area contributed by atoms with Crippen molar-refractivity contribution in [3.05, 3.63) is 37.1 Å². The first-order chi connectivity index (χ1) is 11.9. The zero-order valence-electron chi connectivity index (χ0n) is 13.0. The molecule has 0 aromatic carbocycles. The molecule has 3 aromatic rings. The van der Waals surface area contributed by atoms with Gasteiger partial charge in [0.2, 0.25) is 0 Å². The molecule has 4 heterocycles. The highest BCUT2D eigenvalue weighted by molar-refractivity contribution is 9.10. The van der Waals surface area contributed by atoms with Crippen molar-refractivity contribution < 1.29 is 5.11 Å². The van der Waals surface area contributed by atoms with Crippen molar-refractivity contribution in [2.75, 3.05) is 18.0 Å². The standard InChI is InChI=1S/C14H13BrN6O3S/c1-5-10(15)9-11(16-5)19-14(20-12(9)21-3-6(22)4-21)25-8-2-7(23)17-13(24)18-8/h2,6,22H,3-4H2,1H3,(H,16,19,20)(H2,17,18,23,24). The molecule has 1 fully saturated rings. The van der Waals surface area contributed by atoms with Crippen LogP contribution in [0.3, 0.4) is 0 Å². The smallest absolute Gasteiger partial charge is 0.326 e. The van der Waals surface area contributed by atoms with E-state index in [-0.39, 0.29) is 6.10 Å². The molecule has 0 radical (unpaired) electrons. The third-order valence-electron chi connectivity index (χ3n) is 3.82. The average molecular weight is 425 g/mol. The molecule has 0 aliphatic carbocycles. The van der Waals surface area contributed by atoms with E-state index in [0.717, 1.165) is 27.3 Å². The SMILES string of the molecule is Cc1[nH]c2nc(Sc3cc(=O)[nH]c(=O)[nH]3)nc(N3CC(O)C3)c2c1Br. The average Bonchev–Trinajstić information content (AvgIpc) is 2.77. The van der Waals surface area contributed by atoms with E-state index in [9.17, 15) is 14.7 Å². The summed E-state index contributed by atoms with van der Waals surface area (Å²) in [7, 11) is 0. The summed E-state index contributed by atoms with van der Waals surface area (Å²) < 4.78 is 0.875. The molecule has 25 heavy (non-hydrogen) atoms. The summed E-state index contributed by atoms with van der Waals surface area (Å²) >= 11 is 4.64. The lowest BCUT2D eigenvalue weighted by Gasteiger charge is -2.37. The number of aromatic amines is 3. The number of nitrogens with zero attached hydrogens (tertiary/aromatic N) is 3. The van der Waals surface area contributed by atoms with E-state index in [1.54, 1.807) is 0 Å². The van der Waals surface area contributed by atoms with Gasteiger partial charge in [0.25, 0.3) is 5.56 Å². The quantitative estimate of drug-likeness (QED) is 0.360. The van der Waals surface area contributed by atoms with Gasteiger partial charge < -0.3 is 20.0 Å². The van der Waals surface area contributed by atoms with Gasteiger partial charge in [0.15, 0.2) is 5.16 Å². The first-order valence-electron chi connectivity index (χ1n) is 7.41. The summed E-state index contributed by atoms with van der Waals surface area (Å²) in [6.07, 6.45) is -0.371. The number of aliphatic hydroxyl groups is 1. The molecule has 1 aliphatic heterocycles. The lowest BCUT2D eigenvalue weighted by Crippen LogP contribution is -2.51. The van der Waals surface area contributed by atoms with E-state index in [0.29, 0.717) is 34.7 Å². The number of aromatic nitrogens is 5. The Hall–Kier alpha value is -2.11. The molecule has 11 heteroatoms. The molecular weight excluding hydrogens is 412 g/mol. The maximum atomic E-state index is 11.5. The molecule has 0 atom stereocenters. The number of β-amino-alcohol motifs (C(OH)–C–C–N with tert-alkyl or cyclic N) is 1. The van der Waals surface area contributed by atoms with Crippen molar-refractivity contribution in [3.63, 3.8) is 0 Å². The summed E-state index contributed by atoms with van der Waals surface area (Å²) in [5, 5.41) is 11.2. The Morgan fingerprint density at radius 2 is 2.04 bits per heavy atom. The van der Waals surface area contributed by atoms with Crippen LogP contribution in [0.1, 0.15) is 5.69 Å². The van der Waals surface area contributed by atoms with E-state index in [1.165, 1.54) is 6.07 Å². The van der Waals surface area contributed by atoms with E-state index >= 15 is 0 Å². The molecule has 1 saturated heterocycles. The molecule has 4 rings (SSSR count). The van der Waals surface area contributed by atoms with Crippen LogP contribution in [-0.2, 0) is 0 Å². The Kier molecular flexibility index (Phi) is 3.93. The van der Waals surface area contributed by atoms with E-state index < -0.39 is 11.2 Å². The number of halogens is 1. The molecule has 9 nitrogen and oxygen atoms in total. The van der Waals surface area contributed by atoms with Crippen molar-refractivity contribution in [2.45, 2.75) is 23.2 Å². The van der Waals surface area contributed by atoms with Gasteiger partial charge in [-0.2, -0.15) is 0 Å². The fourth-order valence-corrected chi connectivity index (χ4v) is 3.88. The van der Waals surface area contributed by atoms with Gasteiger partial charge in [0.05, 0.1) is 21.0 Å². The van der Waals surface area contributed by atoms with Crippen LogP contribution in [0.15, 0.2) is 30.3 Å². The molecule has 0 saturated carbocycles. The third-order valence-corrected chi connectivity index (χ3v) is 5.62. The van der Waals surface area contributed by atoms with Crippen molar-refractivity contribution in [2.24, 2.45) is 0 Å². The number of fused-ring (bicyclic) bond motifs is 1. The molecule has 3 aromatic heterocycles. The van der Waals surface area contributed by atoms with Crippen LogP contribution in [0, 0.1) is 6.92 Å². The van der Waals surface area contributed by atoms with Gasteiger partial charge in [0, 0.05) is 24.8 Å².